The molecule has 0 aliphatic heterocycles. The molecule has 0 heterocycles. The van der Waals surface area contributed by atoms with Gasteiger partial charge < -0.3 is 10.8 Å². The van der Waals surface area contributed by atoms with Crippen molar-refractivity contribution in [2.45, 2.75) is 18.9 Å². The van der Waals surface area contributed by atoms with E-state index in [4.69, 9.17) is 5.73 Å². The minimum Gasteiger partial charge on any atom is -0.388 e. The molecule has 2 unspecified atom stereocenters. The van der Waals surface area contributed by atoms with Gasteiger partial charge in [-0.05, 0) is 36.2 Å². The Kier molecular flexibility index (Phi) is 5.08. The zero-order valence-electron chi connectivity index (χ0n) is 11.5. The van der Waals surface area contributed by atoms with E-state index in [1.807, 2.05) is 24.3 Å². The Labute approximate surface area is 130 Å². The van der Waals surface area contributed by atoms with E-state index in [2.05, 4.69) is 15.9 Å². The van der Waals surface area contributed by atoms with Gasteiger partial charge in [-0.2, -0.15) is 0 Å². The molecule has 2 atom stereocenters. The van der Waals surface area contributed by atoms with Crippen molar-refractivity contribution in [3.8, 4) is 0 Å². The summed E-state index contributed by atoms with van der Waals surface area (Å²) < 4.78 is 28.1. The maximum absolute atomic E-state index is 13.9. The first kappa shape index (κ1) is 16.1. The van der Waals surface area contributed by atoms with Crippen LogP contribution in [0.2, 0.25) is 0 Å². The summed E-state index contributed by atoms with van der Waals surface area (Å²) in [6.07, 6.45) is -1.14. The van der Waals surface area contributed by atoms with Crippen molar-refractivity contribution in [3.63, 3.8) is 0 Å². The lowest BCUT2D eigenvalue weighted by molar-refractivity contribution is 0.143. The second kappa shape index (κ2) is 6.64. The standard InChI is InChI=1S/C16H16BrF2NO/c1-9-5-12(15(19)7-14(9)18)16(21)13(8-20)10-3-2-4-11(17)6-10/h2-7,13,16,21H,8,20H2,1H3. The molecule has 0 bridgehead atoms. The van der Waals surface area contributed by atoms with Gasteiger partial charge in [0.15, 0.2) is 0 Å². The molecule has 0 saturated heterocycles. The van der Waals surface area contributed by atoms with Crippen LogP contribution in [0.25, 0.3) is 0 Å². The summed E-state index contributed by atoms with van der Waals surface area (Å²) in [5, 5.41) is 10.5. The molecule has 5 heteroatoms. The zero-order valence-corrected chi connectivity index (χ0v) is 13.1. The fourth-order valence-electron chi connectivity index (χ4n) is 2.31. The highest BCUT2D eigenvalue weighted by molar-refractivity contribution is 9.10. The Balaban J connectivity index is 2.41. The summed E-state index contributed by atoms with van der Waals surface area (Å²) in [6.45, 7) is 1.68. The van der Waals surface area contributed by atoms with Gasteiger partial charge in [0, 0.05) is 28.6 Å². The van der Waals surface area contributed by atoms with Gasteiger partial charge in [-0.15, -0.1) is 0 Å². The predicted molar refractivity (Wildman–Crippen MR) is 82.0 cm³/mol. The number of aliphatic hydroxyl groups excluding tert-OH is 1. The second-order valence-electron chi connectivity index (χ2n) is 4.96. The predicted octanol–water partition coefficient (Wildman–Crippen LogP) is 3.81. The van der Waals surface area contributed by atoms with E-state index in [1.165, 1.54) is 13.0 Å². The second-order valence-corrected chi connectivity index (χ2v) is 5.88. The van der Waals surface area contributed by atoms with Crippen LogP contribution in [0.5, 0.6) is 0 Å². The van der Waals surface area contributed by atoms with E-state index in [9.17, 15) is 13.9 Å². The molecule has 112 valence electrons. The highest BCUT2D eigenvalue weighted by atomic mass is 79.9. The third kappa shape index (κ3) is 3.48. The van der Waals surface area contributed by atoms with E-state index in [0.717, 1.165) is 16.1 Å². The van der Waals surface area contributed by atoms with Crippen LogP contribution in [0.4, 0.5) is 8.78 Å². The third-order valence-electron chi connectivity index (χ3n) is 3.51. The number of rotatable bonds is 4. The molecule has 2 aromatic rings. The van der Waals surface area contributed by atoms with Crippen molar-refractivity contribution in [2.75, 3.05) is 6.54 Å². The van der Waals surface area contributed by atoms with Gasteiger partial charge in [-0.1, -0.05) is 28.1 Å². The topological polar surface area (TPSA) is 46.2 Å². The van der Waals surface area contributed by atoms with Gasteiger partial charge in [0.05, 0.1) is 6.10 Å². The SMILES string of the molecule is Cc1cc(C(O)C(CN)c2cccc(Br)c2)c(F)cc1F. The van der Waals surface area contributed by atoms with Crippen molar-refractivity contribution in [1.29, 1.82) is 0 Å². The van der Waals surface area contributed by atoms with Crippen LogP contribution in [0.3, 0.4) is 0 Å². The van der Waals surface area contributed by atoms with Crippen LogP contribution in [0.15, 0.2) is 40.9 Å². The zero-order chi connectivity index (χ0) is 15.6. The summed E-state index contributed by atoms with van der Waals surface area (Å²) in [5.74, 6) is -1.86. The average Bonchev–Trinajstić information content (AvgIpc) is 2.43. The van der Waals surface area contributed by atoms with E-state index in [-0.39, 0.29) is 17.7 Å². The van der Waals surface area contributed by atoms with Gasteiger partial charge in [-0.3, -0.25) is 0 Å². The molecular formula is C16H16BrF2NO. The van der Waals surface area contributed by atoms with Crippen LogP contribution in [0.1, 0.15) is 28.7 Å². The van der Waals surface area contributed by atoms with Crippen LogP contribution in [-0.4, -0.2) is 11.7 Å². The van der Waals surface area contributed by atoms with Crippen LogP contribution >= 0.6 is 15.9 Å². The molecule has 2 nitrogen and oxygen atoms in total. The van der Waals surface area contributed by atoms with E-state index in [0.29, 0.717) is 0 Å². The Morgan fingerprint density at radius 2 is 1.90 bits per heavy atom. The van der Waals surface area contributed by atoms with Gasteiger partial charge >= 0.3 is 0 Å². The fourth-order valence-corrected chi connectivity index (χ4v) is 2.72. The number of hydrogen-bond donors (Lipinski definition) is 2. The Bertz CT molecular complexity index is 648. The highest BCUT2D eigenvalue weighted by Gasteiger charge is 2.25. The van der Waals surface area contributed by atoms with Crippen molar-refractivity contribution >= 4 is 15.9 Å². The van der Waals surface area contributed by atoms with Gasteiger partial charge in [0.1, 0.15) is 11.6 Å². The number of aryl methyl sites for hydroxylation is 1. The summed E-state index contributed by atoms with van der Waals surface area (Å²) >= 11 is 3.35. The molecule has 0 spiro atoms. The molecular weight excluding hydrogens is 340 g/mol. The molecule has 0 saturated carbocycles. The highest BCUT2D eigenvalue weighted by Crippen LogP contribution is 2.33. The van der Waals surface area contributed by atoms with Crippen molar-refractivity contribution in [1.82, 2.24) is 0 Å². The van der Waals surface area contributed by atoms with Crippen molar-refractivity contribution in [3.05, 3.63) is 69.2 Å². The van der Waals surface area contributed by atoms with Crippen molar-refractivity contribution in [2.24, 2.45) is 5.73 Å². The molecule has 0 fully saturated rings. The summed E-state index contributed by atoms with van der Waals surface area (Å²) in [6, 6.07) is 9.44. The largest absolute Gasteiger partial charge is 0.388 e. The first-order valence-corrected chi connectivity index (χ1v) is 7.32. The molecule has 0 aliphatic rings. The monoisotopic (exact) mass is 355 g/mol. The molecule has 2 aromatic carbocycles. The summed E-state index contributed by atoms with van der Waals surface area (Å²) in [4.78, 5) is 0. The number of hydrogen-bond acceptors (Lipinski definition) is 2. The molecule has 2 rings (SSSR count). The number of halogens is 3. The smallest absolute Gasteiger partial charge is 0.131 e. The Hall–Kier alpha value is -1.30. The minimum absolute atomic E-state index is 0.0596. The fraction of sp³-hybridized carbons (Fsp3) is 0.250. The lowest BCUT2D eigenvalue weighted by Crippen LogP contribution is -2.21. The van der Waals surface area contributed by atoms with Crippen molar-refractivity contribution < 1.29 is 13.9 Å². The van der Waals surface area contributed by atoms with Crippen LogP contribution < -0.4 is 5.73 Å². The van der Waals surface area contributed by atoms with Gasteiger partial charge in [0.2, 0.25) is 0 Å². The average molecular weight is 356 g/mol. The molecule has 3 N–H and O–H groups in total. The molecule has 0 aliphatic carbocycles. The maximum atomic E-state index is 13.9. The number of aliphatic hydroxyl groups is 1. The molecule has 0 aromatic heterocycles. The van der Waals surface area contributed by atoms with Crippen LogP contribution in [-0.2, 0) is 0 Å². The molecule has 0 radical (unpaired) electrons. The minimum atomic E-state index is -1.14. The third-order valence-corrected chi connectivity index (χ3v) is 4.00. The Morgan fingerprint density at radius 3 is 2.52 bits per heavy atom. The quantitative estimate of drug-likeness (QED) is 0.875. The van der Waals surface area contributed by atoms with E-state index in [1.54, 1.807) is 0 Å². The van der Waals surface area contributed by atoms with Gasteiger partial charge in [-0.25, -0.2) is 8.78 Å². The normalized spacial score (nSPS) is 14.0. The first-order chi connectivity index (χ1) is 9.93. The van der Waals surface area contributed by atoms with E-state index < -0.39 is 23.7 Å². The first-order valence-electron chi connectivity index (χ1n) is 6.53. The number of nitrogens with two attached hydrogens (primary N) is 1. The van der Waals surface area contributed by atoms with Gasteiger partial charge in [0.25, 0.3) is 0 Å². The Morgan fingerprint density at radius 1 is 1.19 bits per heavy atom. The molecule has 0 amide bonds. The molecule has 21 heavy (non-hydrogen) atoms. The summed E-state index contributed by atoms with van der Waals surface area (Å²) in [7, 11) is 0. The number of benzene rings is 2. The lowest BCUT2D eigenvalue weighted by Gasteiger charge is -2.23. The summed E-state index contributed by atoms with van der Waals surface area (Å²) in [5.41, 5.74) is 6.88. The maximum Gasteiger partial charge on any atom is 0.131 e. The van der Waals surface area contributed by atoms with Crippen LogP contribution in [0, 0.1) is 18.6 Å². The lowest BCUT2D eigenvalue weighted by atomic mass is 9.88. The van der Waals surface area contributed by atoms with E-state index >= 15 is 0 Å².